The summed E-state index contributed by atoms with van der Waals surface area (Å²) in [4.78, 5) is 23.3. The summed E-state index contributed by atoms with van der Waals surface area (Å²) in [5, 5.41) is 11.9. The number of hydrogen-bond donors (Lipinski definition) is 2. The summed E-state index contributed by atoms with van der Waals surface area (Å²) in [6, 6.07) is 14.5. The van der Waals surface area contributed by atoms with E-state index >= 15 is 0 Å². The Labute approximate surface area is 157 Å². The normalized spacial score (nSPS) is 11.3. The molecule has 144 valence electrons. The van der Waals surface area contributed by atoms with E-state index in [0.717, 1.165) is 11.1 Å². The highest BCUT2D eigenvalue weighted by atomic mass is 16.5. The number of aliphatic carboxylic acids is 1. The summed E-state index contributed by atoms with van der Waals surface area (Å²) in [5.74, 6) is -0.717. The second-order valence-corrected chi connectivity index (χ2v) is 5.87. The van der Waals surface area contributed by atoms with E-state index in [1.807, 2.05) is 30.3 Å². The molecule has 0 bridgehead atoms. The summed E-state index contributed by atoms with van der Waals surface area (Å²) in [7, 11) is 3.04. The summed E-state index contributed by atoms with van der Waals surface area (Å²) in [6.07, 6.45) is -0.424. The van der Waals surface area contributed by atoms with Crippen LogP contribution in [-0.4, -0.2) is 37.9 Å². The van der Waals surface area contributed by atoms with Gasteiger partial charge >= 0.3 is 12.1 Å². The fourth-order valence-corrected chi connectivity index (χ4v) is 2.52. The van der Waals surface area contributed by atoms with E-state index in [-0.39, 0.29) is 19.6 Å². The van der Waals surface area contributed by atoms with Crippen LogP contribution in [0.4, 0.5) is 4.79 Å². The van der Waals surface area contributed by atoms with Crippen molar-refractivity contribution in [1.29, 1.82) is 0 Å². The molecule has 2 N–H and O–H groups in total. The molecule has 0 spiro atoms. The molecule has 0 aliphatic carbocycles. The number of carbonyl (C=O) groups is 2. The average Bonchev–Trinajstić information content (AvgIpc) is 2.69. The Morgan fingerprint density at radius 1 is 1.00 bits per heavy atom. The number of carbonyl (C=O) groups excluding carboxylic acids is 1. The Balaban J connectivity index is 1.89. The van der Waals surface area contributed by atoms with Crippen LogP contribution in [-0.2, 0) is 22.6 Å². The molecule has 27 heavy (non-hydrogen) atoms. The largest absolute Gasteiger partial charge is 0.493 e. The first-order chi connectivity index (χ1) is 13.0. The summed E-state index contributed by atoms with van der Waals surface area (Å²) in [6.45, 7) is 0.0807. The van der Waals surface area contributed by atoms with Gasteiger partial charge in [0.2, 0.25) is 0 Å². The number of alkyl carbamates (subject to hydrolysis) is 1. The number of ether oxygens (including phenoxy) is 3. The van der Waals surface area contributed by atoms with Crippen molar-refractivity contribution in [3.63, 3.8) is 0 Å². The number of rotatable bonds is 9. The minimum atomic E-state index is -1.01. The maximum Gasteiger partial charge on any atom is 0.407 e. The van der Waals surface area contributed by atoms with Crippen molar-refractivity contribution < 1.29 is 28.9 Å². The highest BCUT2D eigenvalue weighted by Crippen LogP contribution is 2.28. The molecule has 2 aromatic carbocycles. The smallest absolute Gasteiger partial charge is 0.407 e. The van der Waals surface area contributed by atoms with E-state index in [9.17, 15) is 14.7 Å². The Morgan fingerprint density at radius 3 is 2.33 bits per heavy atom. The lowest BCUT2D eigenvalue weighted by atomic mass is 9.99. The van der Waals surface area contributed by atoms with E-state index in [0.29, 0.717) is 11.5 Å². The van der Waals surface area contributed by atoms with Gasteiger partial charge in [-0.15, -0.1) is 0 Å². The molecule has 0 heterocycles. The van der Waals surface area contributed by atoms with Crippen molar-refractivity contribution in [2.45, 2.75) is 13.0 Å². The third-order valence-corrected chi connectivity index (χ3v) is 3.98. The number of amides is 1. The van der Waals surface area contributed by atoms with Crippen molar-refractivity contribution in [2.24, 2.45) is 5.92 Å². The van der Waals surface area contributed by atoms with Crippen molar-refractivity contribution in [1.82, 2.24) is 5.32 Å². The molecule has 0 radical (unpaired) electrons. The lowest BCUT2D eigenvalue weighted by Gasteiger charge is -2.15. The lowest BCUT2D eigenvalue weighted by Crippen LogP contribution is -2.34. The molecule has 2 aromatic rings. The monoisotopic (exact) mass is 373 g/mol. The standard InChI is InChI=1S/C20H23NO6/c1-25-17-9-8-15(11-18(17)26-2)10-16(19(22)23)12-21-20(24)27-13-14-6-4-3-5-7-14/h3-9,11,16H,10,12-13H2,1-2H3,(H,21,24)(H,22,23). The van der Waals surface area contributed by atoms with Crippen LogP contribution in [0, 0.1) is 5.92 Å². The van der Waals surface area contributed by atoms with Crippen molar-refractivity contribution in [3.8, 4) is 11.5 Å². The third-order valence-electron chi connectivity index (χ3n) is 3.98. The zero-order chi connectivity index (χ0) is 19.6. The topological polar surface area (TPSA) is 94.1 Å². The van der Waals surface area contributed by atoms with Crippen molar-refractivity contribution in [3.05, 3.63) is 59.7 Å². The first kappa shape index (κ1) is 20.1. The van der Waals surface area contributed by atoms with Gasteiger partial charge in [0, 0.05) is 6.54 Å². The van der Waals surface area contributed by atoms with Crippen molar-refractivity contribution >= 4 is 12.1 Å². The Morgan fingerprint density at radius 2 is 1.70 bits per heavy atom. The zero-order valence-electron chi connectivity index (χ0n) is 15.3. The minimum absolute atomic E-state index is 0.0443. The quantitative estimate of drug-likeness (QED) is 0.702. The maximum atomic E-state index is 11.8. The van der Waals surface area contributed by atoms with Crippen LogP contribution in [0.5, 0.6) is 11.5 Å². The number of nitrogens with one attached hydrogen (secondary N) is 1. The van der Waals surface area contributed by atoms with Gasteiger partial charge in [-0.25, -0.2) is 4.79 Å². The van der Waals surface area contributed by atoms with Crippen LogP contribution in [0.15, 0.2) is 48.5 Å². The molecule has 1 amide bonds. The Hall–Kier alpha value is -3.22. The minimum Gasteiger partial charge on any atom is -0.493 e. The van der Waals surface area contributed by atoms with E-state index in [1.165, 1.54) is 14.2 Å². The van der Waals surface area contributed by atoms with Gasteiger partial charge in [-0.05, 0) is 29.7 Å². The molecular weight excluding hydrogens is 350 g/mol. The number of carboxylic acid groups (broad SMARTS) is 1. The summed E-state index contributed by atoms with van der Waals surface area (Å²) < 4.78 is 15.5. The molecule has 0 saturated carbocycles. The molecule has 0 fully saturated rings. The SMILES string of the molecule is COc1ccc(CC(CNC(=O)OCc2ccccc2)C(=O)O)cc1OC. The molecule has 1 atom stereocenters. The molecule has 0 aromatic heterocycles. The Kier molecular flexibility index (Phi) is 7.49. The van der Waals surface area contributed by atoms with E-state index in [4.69, 9.17) is 14.2 Å². The predicted molar refractivity (Wildman–Crippen MR) is 99.0 cm³/mol. The van der Waals surface area contributed by atoms with E-state index in [1.54, 1.807) is 18.2 Å². The van der Waals surface area contributed by atoms with Crippen LogP contribution >= 0.6 is 0 Å². The highest BCUT2D eigenvalue weighted by Gasteiger charge is 2.20. The van der Waals surface area contributed by atoms with Gasteiger partial charge in [-0.1, -0.05) is 36.4 Å². The first-order valence-electron chi connectivity index (χ1n) is 8.41. The molecule has 7 heteroatoms. The molecule has 1 unspecified atom stereocenters. The van der Waals surface area contributed by atoms with Crippen LogP contribution in [0.1, 0.15) is 11.1 Å². The molecule has 2 rings (SSSR count). The predicted octanol–water partition coefficient (Wildman–Crippen LogP) is 2.87. The van der Waals surface area contributed by atoms with Gasteiger partial charge < -0.3 is 24.6 Å². The zero-order valence-corrected chi connectivity index (χ0v) is 15.3. The van der Waals surface area contributed by atoms with Gasteiger partial charge in [0.05, 0.1) is 20.1 Å². The van der Waals surface area contributed by atoms with Gasteiger partial charge in [0.25, 0.3) is 0 Å². The summed E-state index contributed by atoms with van der Waals surface area (Å²) in [5.41, 5.74) is 1.62. The summed E-state index contributed by atoms with van der Waals surface area (Å²) >= 11 is 0. The number of hydrogen-bond acceptors (Lipinski definition) is 5. The van der Waals surface area contributed by atoms with Gasteiger partial charge in [0.15, 0.2) is 11.5 Å². The highest BCUT2D eigenvalue weighted by molar-refractivity contribution is 5.73. The average molecular weight is 373 g/mol. The lowest BCUT2D eigenvalue weighted by molar-refractivity contribution is -0.141. The van der Waals surface area contributed by atoms with E-state index < -0.39 is 18.0 Å². The molecule has 0 saturated heterocycles. The van der Waals surface area contributed by atoms with Crippen LogP contribution in [0.25, 0.3) is 0 Å². The van der Waals surface area contributed by atoms with E-state index in [2.05, 4.69) is 5.32 Å². The second kappa shape index (κ2) is 10.1. The van der Waals surface area contributed by atoms with Crippen molar-refractivity contribution in [2.75, 3.05) is 20.8 Å². The number of benzene rings is 2. The molecule has 0 aliphatic rings. The van der Waals surface area contributed by atoms with Crippen LogP contribution < -0.4 is 14.8 Å². The number of methoxy groups -OCH3 is 2. The molecule has 0 aliphatic heterocycles. The third kappa shape index (κ3) is 6.22. The first-order valence-corrected chi connectivity index (χ1v) is 8.41. The van der Waals surface area contributed by atoms with Crippen LogP contribution in [0.2, 0.25) is 0 Å². The van der Waals surface area contributed by atoms with Crippen LogP contribution in [0.3, 0.4) is 0 Å². The van der Waals surface area contributed by atoms with Gasteiger partial charge in [0.1, 0.15) is 6.61 Å². The second-order valence-electron chi connectivity index (χ2n) is 5.87. The molecular formula is C20H23NO6. The Bertz CT molecular complexity index is 762. The fraction of sp³-hybridized carbons (Fsp3) is 0.300. The van der Waals surface area contributed by atoms with Gasteiger partial charge in [-0.2, -0.15) is 0 Å². The number of carboxylic acids is 1. The molecule has 7 nitrogen and oxygen atoms in total. The van der Waals surface area contributed by atoms with Gasteiger partial charge in [-0.3, -0.25) is 4.79 Å². The fourth-order valence-electron chi connectivity index (χ4n) is 2.52. The maximum absolute atomic E-state index is 11.8.